The van der Waals surface area contributed by atoms with Crippen molar-refractivity contribution in [2.24, 2.45) is 0 Å². The molecule has 2 atom stereocenters. The Balaban J connectivity index is 0.000000412. The predicted molar refractivity (Wildman–Crippen MR) is 117 cm³/mol. The normalized spacial score (nSPS) is 11.8. The molecule has 0 aliphatic carbocycles. The second kappa shape index (κ2) is 12.0. The monoisotopic (exact) mass is 382 g/mol. The number of thioether (sulfide) groups is 1. The molecule has 2 rings (SSSR count). The molecule has 0 heterocycles. The first-order valence-electron chi connectivity index (χ1n) is 7.91. The number of carboxylic acid groups (broad SMARTS) is 1. The van der Waals surface area contributed by atoms with Gasteiger partial charge in [0.15, 0.2) is 0 Å². The highest BCUT2D eigenvalue weighted by atomic mass is 32.2. The fraction of sp³-hybridized carbons (Fsp3) is 0.0909. The smallest absolute Gasteiger partial charge is 0.335 e. The first kappa shape index (κ1) is 21.6. The molecule has 26 heavy (non-hydrogen) atoms. The summed E-state index contributed by atoms with van der Waals surface area (Å²) in [5.41, 5.74) is 2.52. The second-order valence-corrected chi connectivity index (χ2v) is 6.74. The van der Waals surface area contributed by atoms with Gasteiger partial charge in [-0.05, 0) is 11.1 Å². The van der Waals surface area contributed by atoms with E-state index in [1.807, 2.05) is 36.0 Å². The Kier molecular flexibility index (Phi) is 9.98. The van der Waals surface area contributed by atoms with Crippen LogP contribution in [-0.4, -0.2) is 16.4 Å². The summed E-state index contributed by atoms with van der Waals surface area (Å²) in [6, 6.07) is 20.9. The maximum absolute atomic E-state index is 9.73. The van der Waals surface area contributed by atoms with Crippen molar-refractivity contribution in [1.29, 1.82) is 0 Å². The topological polar surface area (TPSA) is 37.3 Å². The minimum atomic E-state index is -1.06. The van der Waals surface area contributed by atoms with Gasteiger partial charge in [0.05, 0.1) is 5.57 Å². The molecule has 0 bridgehead atoms. The van der Waals surface area contributed by atoms with Gasteiger partial charge in [0.2, 0.25) is 0 Å². The van der Waals surface area contributed by atoms with E-state index in [4.69, 9.17) is 5.11 Å². The number of hydrogen-bond donors (Lipinski definition) is 1. The lowest BCUT2D eigenvalue weighted by atomic mass is 10.1. The molecular formula is C22H22O2S2. The van der Waals surface area contributed by atoms with Crippen molar-refractivity contribution in [3.8, 4) is 0 Å². The van der Waals surface area contributed by atoms with Gasteiger partial charge >= 0.3 is 5.97 Å². The highest BCUT2D eigenvalue weighted by Crippen LogP contribution is 2.41. The van der Waals surface area contributed by atoms with Crippen molar-refractivity contribution in [3.63, 3.8) is 0 Å². The van der Waals surface area contributed by atoms with E-state index in [-0.39, 0.29) is 16.1 Å². The summed E-state index contributed by atoms with van der Waals surface area (Å²) in [6.45, 7) is 11.0. The molecule has 0 radical (unpaired) electrons. The van der Waals surface area contributed by atoms with E-state index in [1.165, 1.54) is 11.1 Å². The largest absolute Gasteiger partial charge is 0.478 e. The maximum Gasteiger partial charge on any atom is 0.335 e. The molecular weight excluding hydrogens is 360 g/mol. The van der Waals surface area contributed by atoms with E-state index in [2.05, 4.69) is 80.5 Å². The average molecular weight is 383 g/mol. The molecule has 4 heteroatoms. The molecule has 0 aromatic heterocycles. The number of carbonyl (C=O) groups is 1. The molecule has 1 N–H and O–H groups in total. The zero-order valence-corrected chi connectivity index (χ0v) is 16.1. The molecule has 2 unspecified atom stereocenters. The van der Waals surface area contributed by atoms with Crippen LogP contribution in [0.1, 0.15) is 21.6 Å². The highest BCUT2D eigenvalue weighted by Gasteiger charge is 2.15. The Bertz CT molecular complexity index is 690. The molecule has 2 aromatic carbocycles. The van der Waals surface area contributed by atoms with Crippen LogP contribution in [0, 0.1) is 0 Å². The van der Waals surface area contributed by atoms with Crippen LogP contribution in [0.5, 0.6) is 0 Å². The molecule has 0 aliphatic rings. The Morgan fingerprint density at radius 1 is 0.923 bits per heavy atom. The van der Waals surface area contributed by atoms with Gasteiger partial charge in [-0.15, -0.1) is 24.9 Å². The number of rotatable bonds is 8. The van der Waals surface area contributed by atoms with E-state index in [0.29, 0.717) is 0 Å². The molecule has 0 amide bonds. The van der Waals surface area contributed by atoms with Gasteiger partial charge in [0.25, 0.3) is 0 Å². The molecule has 0 saturated carbocycles. The van der Waals surface area contributed by atoms with E-state index in [1.54, 1.807) is 0 Å². The molecule has 0 aliphatic heterocycles. The van der Waals surface area contributed by atoms with Gasteiger partial charge < -0.3 is 5.11 Å². The van der Waals surface area contributed by atoms with Gasteiger partial charge in [-0.3, -0.25) is 0 Å². The zero-order chi connectivity index (χ0) is 19.4. The fourth-order valence-electron chi connectivity index (χ4n) is 2.03. The number of aliphatic carboxylic acids is 1. The van der Waals surface area contributed by atoms with Gasteiger partial charge in [-0.25, -0.2) is 4.79 Å². The van der Waals surface area contributed by atoms with E-state index < -0.39 is 5.97 Å². The molecule has 2 nitrogen and oxygen atoms in total. The first-order valence-corrected chi connectivity index (χ1v) is 9.32. The Labute approximate surface area is 165 Å². The average Bonchev–Trinajstić information content (AvgIpc) is 2.70. The van der Waals surface area contributed by atoms with Gasteiger partial charge in [-0.2, -0.15) is 0 Å². The third kappa shape index (κ3) is 7.21. The summed E-state index contributed by atoms with van der Waals surface area (Å²) in [6.07, 6.45) is 4.00. The van der Waals surface area contributed by atoms with Crippen LogP contribution >= 0.6 is 24.0 Å². The lowest BCUT2D eigenvalue weighted by Gasteiger charge is -2.19. The summed E-state index contributed by atoms with van der Waals surface area (Å²) >= 11 is 6.11. The molecule has 0 fully saturated rings. The van der Waals surface area contributed by atoms with Crippen molar-refractivity contribution in [1.82, 2.24) is 0 Å². The van der Waals surface area contributed by atoms with Crippen LogP contribution in [0.25, 0.3) is 0 Å². The number of benzene rings is 2. The van der Waals surface area contributed by atoms with Crippen molar-refractivity contribution in [2.45, 2.75) is 10.5 Å². The van der Waals surface area contributed by atoms with Crippen LogP contribution in [0.15, 0.2) is 98.1 Å². The molecule has 2 aromatic rings. The van der Waals surface area contributed by atoms with Crippen molar-refractivity contribution >= 4 is 35.3 Å². The van der Waals surface area contributed by atoms with Crippen molar-refractivity contribution < 1.29 is 9.90 Å². The quantitative estimate of drug-likeness (QED) is 0.335. The second-order valence-electron chi connectivity index (χ2n) is 5.22. The SMILES string of the molecule is C=C(C=S)C(=O)O.C=CC(SC(C=C)c1ccccc1)c1ccccc1. The molecule has 0 spiro atoms. The first-order chi connectivity index (χ1) is 12.5. The predicted octanol–water partition coefficient (Wildman–Crippen LogP) is 6.20. The number of thiocarbonyl (C=S) groups is 1. The lowest BCUT2D eigenvalue weighted by Crippen LogP contribution is -1.97. The van der Waals surface area contributed by atoms with E-state index in [0.717, 1.165) is 5.37 Å². The number of carboxylic acids is 1. The third-order valence-corrected chi connectivity index (χ3v) is 5.19. The summed E-state index contributed by atoms with van der Waals surface area (Å²) in [4.78, 5) is 9.73. The summed E-state index contributed by atoms with van der Waals surface area (Å²) < 4.78 is 0. The zero-order valence-electron chi connectivity index (χ0n) is 14.5. The van der Waals surface area contributed by atoms with Gasteiger partial charge in [0.1, 0.15) is 0 Å². The maximum atomic E-state index is 9.73. The lowest BCUT2D eigenvalue weighted by molar-refractivity contribution is -0.131. The molecule has 0 saturated heterocycles. The third-order valence-electron chi connectivity index (χ3n) is 3.39. The van der Waals surface area contributed by atoms with Crippen molar-refractivity contribution in [3.05, 3.63) is 109 Å². The van der Waals surface area contributed by atoms with Crippen LogP contribution < -0.4 is 0 Å². The van der Waals surface area contributed by atoms with Gasteiger partial charge in [-0.1, -0.05) is 91.6 Å². The Morgan fingerprint density at radius 2 is 1.31 bits per heavy atom. The standard InChI is InChI=1S/C18H18S.C4H4O2S/c1-3-17(15-11-7-5-8-12-15)19-18(4-2)16-13-9-6-10-14-16;1-3(2-7)4(5)6/h3-14,17-18H,1-2H2;2H,1H2,(H,5,6). The van der Waals surface area contributed by atoms with Crippen molar-refractivity contribution in [2.75, 3.05) is 0 Å². The van der Waals surface area contributed by atoms with Crippen LogP contribution in [0.3, 0.4) is 0 Å². The summed E-state index contributed by atoms with van der Waals surface area (Å²) in [7, 11) is 0. The molecule has 134 valence electrons. The highest BCUT2D eigenvalue weighted by molar-refractivity contribution is 8.00. The summed E-state index contributed by atoms with van der Waals surface area (Å²) in [5.74, 6) is -1.06. The van der Waals surface area contributed by atoms with Crippen LogP contribution in [-0.2, 0) is 4.79 Å². The van der Waals surface area contributed by atoms with E-state index in [9.17, 15) is 4.79 Å². The van der Waals surface area contributed by atoms with Crippen LogP contribution in [0.4, 0.5) is 0 Å². The summed E-state index contributed by atoms with van der Waals surface area (Å²) in [5, 5.41) is 9.58. The van der Waals surface area contributed by atoms with Gasteiger partial charge in [0, 0.05) is 15.9 Å². The minimum Gasteiger partial charge on any atom is -0.478 e. The van der Waals surface area contributed by atoms with E-state index >= 15 is 0 Å². The minimum absolute atomic E-state index is 0.0463. The number of hydrogen-bond acceptors (Lipinski definition) is 3. The van der Waals surface area contributed by atoms with Crippen LogP contribution in [0.2, 0.25) is 0 Å². The Hall–Kier alpha value is -2.43. The fourth-order valence-corrected chi connectivity index (χ4v) is 3.30. The Morgan fingerprint density at radius 3 is 1.54 bits per heavy atom.